The van der Waals surface area contributed by atoms with Crippen LogP contribution < -0.4 is 10.6 Å². The molecule has 1 unspecified atom stereocenters. The Hall–Kier alpha value is -1.14. The quantitative estimate of drug-likeness (QED) is 0.843. The molecular formula is C12H23N5O. The van der Waals surface area contributed by atoms with E-state index < -0.39 is 0 Å². The Morgan fingerprint density at radius 1 is 1.28 bits per heavy atom. The third-order valence-electron chi connectivity index (χ3n) is 3.59. The topological polar surface area (TPSA) is 71.4 Å². The average molecular weight is 253 g/mol. The molecule has 1 fully saturated rings. The van der Waals surface area contributed by atoms with Gasteiger partial charge in [-0.3, -0.25) is 0 Å². The molecule has 0 amide bonds. The standard InChI is InChI=1S/C12H23N5O/c1-9(2)10(8-13)11-14-12(15-18-11)17-6-4-16(3)5-7-17/h9-10H,4-8,13H2,1-3H3. The maximum Gasteiger partial charge on any atom is 0.266 e. The van der Waals surface area contributed by atoms with E-state index in [0.717, 1.165) is 26.2 Å². The summed E-state index contributed by atoms with van der Waals surface area (Å²) in [6.07, 6.45) is 0. The van der Waals surface area contributed by atoms with Crippen LogP contribution in [0.2, 0.25) is 0 Å². The lowest BCUT2D eigenvalue weighted by molar-refractivity contribution is 0.305. The Labute approximate surface area is 108 Å². The molecule has 1 aromatic heterocycles. The van der Waals surface area contributed by atoms with Crippen LogP contribution in [0.5, 0.6) is 0 Å². The van der Waals surface area contributed by atoms with E-state index >= 15 is 0 Å². The van der Waals surface area contributed by atoms with E-state index in [0.29, 0.717) is 24.3 Å². The Balaban J connectivity index is 2.05. The van der Waals surface area contributed by atoms with Gasteiger partial charge in [-0.05, 0) is 18.1 Å². The van der Waals surface area contributed by atoms with Gasteiger partial charge in [0.25, 0.3) is 5.95 Å². The number of anilines is 1. The highest BCUT2D eigenvalue weighted by Crippen LogP contribution is 2.23. The molecule has 18 heavy (non-hydrogen) atoms. The van der Waals surface area contributed by atoms with Crippen LogP contribution in [0.4, 0.5) is 5.95 Å². The van der Waals surface area contributed by atoms with Crippen molar-refractivity contribution in [2.45, 2.75) is 19.8 Å². The Bertz CT molecular complexity index is 370. The monoisotopic (exact) mass is 253 g/mol. The average Bonchev–Trinajstić information content (AvgIpc) is 2.80. The smallest absolute Gasteiger partial charge is 0.266 e. The number of rotatable bonds is 4. The normalized spacial score (nSPS) is 19.5. The second kappa shape index (κ2) is 5.67. The van der Waals surface area contributed by atoms with Gasteiger partial charge in [-0.2, -0.15) is 4.98 Å². The second-order valence-corrected chi connectivity index (χ2v) is 5.31. The van der Waals surface area contributed by atoms with E-state index in [2.05, 4.69) is 40.8 Å². The summed E-state index contributed by atoms with van der Waals surface area (Å²) < 4.78 is 5.36. The summed E-state index contributed by atoms with van der Waals surface area (Å²) in [6, 6.07) is 0. The van der Waals surface area contributed by atoms with Crippen molar-refractivity contribution in [2.24, 2.45) is 11.7 Å². The van der Waals surface area contributed by atoms with Crippen molar-refractivity contribution in [3.05, 3.63) is 5.89 Å². The predicted molar refractivity (Wildman–Crippen MR) is 70.6 cm³/mol. The SMILES string of the molecule is CC(C)C(CN)c1nc(N2CCN(C)CC2)no1. The number of hydrogen-bond donors (Lipinski definition) is 1. The summed E-state index contributed by atoms with van der Waals surface area (Å²) in [6.45, 7) is 8.76. The molecule has 0 spiro atoms. The van der Waals surface area contributed by atoms with Gasteiger partial charge in [0.1, 0.15) is 0 Å². The molecule has 0 aromatic carbocycles. The predicted octanol–water partition coefficient (Wildman–Crippen LogP) is 0.520. The van der Waals surface area contributed by atoms with E-state index in [1.807, 2.05) is 0 Å². The molecule has 1 saturated heterocycles. The van der Waals surface area contributed by atoms with E-state index in [1.54, 1.807) is 0 Å². The summed E-state index contributed by atoms with van der Waals surface area (Å²) in [4.78, 5) is 8.97. The summed E-state index contributed by atoms with van der Waals surface area (Å²) in [5.74, 6) is 1.94. The lowest BCUT2D eigenvalue weighted by atomic mass is 9.96. The van der Waals surface area contributed by atoms with Crippen molar-refractivity contribution in [1.82, 2.24) is 15.0 Å². The van der Waals surface area contributed by atoms with Crippen LogP contribution in [0.1, 0.15) is 25.7 Å². The van der Waals surface area contributed by atoms with Crippen LogP contribution in [-0.2, 0) is 0 Å². The Kier molecular flexibility index (Phi) is 4.19. The molecule has 2 heterocycles. The highest BCUT2D eigenvalue weighted by molar-refractivity contribution is 5.29. The number of nitrogens with two attached hydrogens (primary N) is 1. The molecule has 1 aliphatic rings. The van der Waals surface area contributed by atoms with Crippen LogP contribution in [0.3, 0.4) is 0 Å². The summed E-state index contributed by atoms with van der Waals surface area (Å²) in [5.41, 5.74) is 5.76. The first-order valence-electron chi connectivity index (χ1n) is 6.59. The van der Waals surface area contributed by atoms with E-state index in [-0.39, 0.29) is 5.92 Å². The molecule has 2 N–H and O–H groups in total. The van der Waals surface area contributed by atoms with E-state index in [1.165, 1.54) is 0 Å². The van der Waals surface area contributed by atoms with Crippen LogP contribution in [-0.4, -0.2) is 54.8 Å². The van der Waals surface area contributed by atoms with Crippen molar-refractivity contribution >= 4 is 5.95 Å². The molecule has 2 rings (SSSR count). The summed E-state index contributed by atoms with van der Waals surface area (Å²) in [7, 11) is 2.13. The van der Waals surface area contributed by atoms with Gasteiger partial charge in [0.15, 0.2) is 0 Å². The molecule has 1 atom stereocenters. The fourth-order valence-electron chi connectivity index (χ4n) is 2.17. The van der Waals surface area contributed by atoms with Gasteiger partial charge in [0.2, 0.25) is 5.89 Å². The van der Waals surface area contributed by atoms with E-state index in [9.17, 15) is 0 Å². The van der Waals surface area contributed by atoms with Crippen molar-refractivity contribution in [2.75, 3.05) is 44.7 Å². The molecule has 1 aromatic rings. The first kappa shape index (κ1) is 13.3. The fraction of sp³-hybridized carbons (Fsp3) is 0.833. The maximum atomic E-state index is 5.76. The zero-order valence-electron chi connectivity index (χ0n) is 11.5. The van der Waals surface area contributed by atoms with Gasteiger partial charge in [-0.1, -0.05) is 13.8 Å². The lowest BCUT2D eigenvalue weighted by Crippen LogP contribution is -2.44. The summed E-state index contributed by atoms with van der Waals surface area (Å²) >= 11 is 0. The largest absolute Gasteiger partial charge is 0.337 e. The molecule has 0 bridgehead atoms. The zero-order valence-corrected chi connectivity index (χ0v) is 11.5. The molecule has 1 aliphatic heterocycles. The molecule has 6 heteroatoms. The van der Waals surface area contributed by atoms with E-state index in [4.69, 9.17) is 10.3 Å². The van der Waals surface area contributed by atoms with Gasteiger partial charge in [-0.25, -0.2) is 0 Å². The molecule has 0 radical (unpaired) electrons. The van der Waals surface area contributed by atoms with Gasteiger partial charge < -0.3 is 20.1 Å². The van der Waals surface area contributed by atoms with Crippen LogP contribution in [0, 0.1) is 5.92 Å². The van der Waals surface area contributed by atoms with Crippen molar-refractivity contribution < 1.29 is 4.52 Å². The zero-order chi connectivity index (χ0) is 13.1. The number of hydrogen-bond acceptors (Lipinski definition) is 6. The minimum Gasteiger partial charge on any atom is -0.337 e. The van der Waals surface area contributed by atoms with Gasteiger partial charge >= 0.3 is 0 Å². The highest BCUT2D eigenvalue weighted by Gasteiger charge is 2.24. The third-order valence-corrected chi connectivity index (χ3v) is 3.59. The molecule has 0 aliphatic carbocycles. The van der Waals surface area contributed by atoms with Crippen LogP contribution in [0.25, 0.3) is 0 Å². The Morgan fingerprint density at radius 3 is 2.50 bits per heavy atom. The fourth-order valence-corrected chi connectivity index (χ4v) is 2.17. The lowest BCUT2D eigenvalue weighted by Gasteiger charge is -2.31. The van der Waals surface area contributed by atoms with Crippen molar-refractivity contribution in [3.63, 3.8) is 0 Å². The molecule has 6 nitrogen and oxygen atoms in total. The second-order valence-electron chi connectivity index (χ2n) is 5.31. The number of likely N-dealkylation sites (N-methyl/N-ethyl adjacent to an activating group) is 1. The third kappa shape index (κ3) is 2.81. The molecular weight excluding hydrogens is 230 g/mol. The van der Waals surface area contributed by atoms with Crippen LogP contribution in [0.15, 0.2) is 4.52 Å². The minimum atomic E-state index is 0.152. The van der Waals surface area contributed by atoms with Gasteiger partial charge in [0, 0.05) is 32.7 Å². The highest BCUT2D eigenvalue weighted by atomic mass is 16.5. The summed E-state index contributed by atoms with van der Waals surface area (Å²) in [5, 5.41) is 4.08. The van der Waals surface area contributed by atoms with Gasteiger partial charge in [0.05, 0.1) is 5.92 Å². The van der Waals surface area contributed by atoms with Crippen molar-refractivity contribution in [3.8, 4) is 0 Å². The molecule has 102 valence electrons. The molecule has 0 saturated carbocycles. The number of aromatic nitrogens is 2. The van der Waals surface area contributed by atoms with Gasteiger partial charge in [-0.15, -0.1) is 0 Å². The number of piperazine rings is 1. The Morgan fingerprint density at radius 2 is 1.94 bits per heavy atom. The number of nitrogens with zero attached hydrogens (tertiary/aromatic N) is 4. The first-order chi connectivity index (χ1) is 8.61. The maximum absolute atomic E-state index is 5.76. The minimum absolute atomic E-state index is 0.152. The van der Waals surface area contributed by atoms with Crippen molar-refractivity contribution in [1.29, 1.82) is 0 Å². The van der Waals surface area contributed by atoms with Crippen LogP contribution >= 0.6 is 0 Å². The first-order valence-corrected chi connectivity index (χ1v) is 6.59.